The third-order valence-electron chi connectivity index (χ3n) is 5.51. The molecule has 0 N–H and O–H groups in total. The molecule has 4 rings (SSSR count). The normalized spacial score (nSPS) is 27.5. The number of aryl methyl sites for hydroxylation is 2. The number of hydrogen-bond acceptors (Lipinski definition) is 2. The first-order valence-electron chi connectivity index (χ1n) is 8.49. The lowest BCUT2D eigenvalue weighted by Gasteiger charge is -2.34. The van der Waals surface area contributed by atoms with Crippen LogP contribution in [0.3, 0.4) is 0 Å². The molecule has 0 saturated carbocycles. The molecule has 0 aromatic carbocycles. The van der Waals surface area contributed by atoms with E-state index in [9.17, 15) is 4.79 Å². The zero-order chi connectivity index (χ0) is 16.8. The van der Waals surface area contributed by atoms with E-state index in [1.807, 2.05) is 38.6 Å². The monoisotopic (exact) mass is 321 g/mol. The van der Waals surface area contributed by atoms with Crippen LogP contribution in [0.5, 0.6) is 0 Å². The van der Waals surface area contributed by atoms with Crippen molar-refractivity contribution in [3.63, 3.8) is 0 Å². The fraction of sp³-hybridized carbons (Fsp3) is 0.350. The molecule has 2 saturated heterocycles. The van der Waals surface area contributed by atoms with Crippen molar-refractivity contribution in [3.8, 4) is 0 Å². The van der Waals surface area contributed by atoms with Crippen molar-refractivity contribution in [1.29, 1.82) is 0 Å². The average molecular weight is 321 g/mol. The Kier molecular flexibility index (Phi) is 3.57. The Labute approximate surface area is 142 Å². The quantitative estimate of drug-likeness (QED) is 0.796. The Bertz CT molecular complexity index is 784. The highest BCUT2D eigenvalue weighted by atomic mass is 16.1. The highest BCUT2D eigenvalue weighted by Gasteiger charge is 2.44. The molecule has 2 bridgehead atoms. The van der Waals surface area contributed by atoms with Crippen molar-refractivity contribution in [2.45, 2.75) is 24.9 Å². The molecule has 2 aromatic heterocycles. The third kappa shape index (κ3) is 2.29. The van der Waals surface area contributed by atoms with E-state index >= 15 is 0 Å². The Morgan fingerprint density at radius 1 is 0.875 bits per heavy atom. The molecule has 4 heterocycles. The number of piperidine rings is 1. The van der Waals surface area contributed by atoms with Gasteiger partial charge in [0.15, 0.2) is 5.78 Å². The molecule has 0 aliphatic carbocycles. The number of fused-ring (bicyclic) bond motifs is 2. The number of Topliss-reactive ketones (excluding diaryl/α,β-unsaturated/α-hetero) is 1. The number of rotatable bonds is 2. The molecular formula is C20H23N3O. The Morgan fingerprint density at radius 2 is 1.33 bits per heavy atom. The third-order valence-corrected chi connectivity index (χ3v) is 5.51. The lowest BCUT2D eigenvalue weighted by molar-refractivity contribution is -0.114. The molecule has 124 valence electrons. The van der Waals surface area contributed by atoms with Gasteiger partial charge < -0.3 is 9.13 Å². The van der Waals surface area contributed by atoms with E-state index < -0.39 is 0 Å². The van der Waals surface area contributed by atoms with Crippen LogP contribution in [0.4, 0.5) is 0 Å². The summed E-state index contributed by atoms with van der Waals surface area (Å²) in [4.78, 5) is 15.6. The van der Waals surface area contributed by atoms with E-state index in [1.165, 1.54) is 0 Å². The van der Waals surface area contributed by atoms with Crippen LogP contribution in [0.1, 0.15) is 24.2 Å². The van der Waals surface area contributed by atoms with Crippen molar-refractivity contribution < 1.29 is 4.79 Å². The fourth-order valence-electron chi connectivity index (χ4n) is 4.05. The average Bonchev–Trinajstić information content (AvgIpc) is 3.22. The number of likely N-dealkylation sites (N-methyl/N-ethyl adjacent to an activating group) is 1. The van der Waals surface area contributed by atoms with Gasteiger partial charge in [0, 0.05) is 61.1 Å². The number of carbonyl (C=O) groups is 1. The number of carbonyl (C=O) groups excluding carboxylic acids is 1. The van der Waals surface area contributed by atoms with Gasteiger partial charge in [0.25, 0.3) is 0 Å². The zero-order valence-electron chi connectivity index (χ0n) is 14.4. The van der Waals surface area contributed by atoms with Crippen LogP contribution in [0.2, 0.25) is 0 Å². The molecule has 0 amide bonds. The van der Waals surface area contributed by atoms with E-state index in [2.05, 4.69) is 45.4 Å². The summed E-state index contributed by atoms with van der Waals surface area (Å²) in [5.41, 5.74) is 4.01. The van der Waals surface area contributed by atoms with Gasteiger partial charge in [0.1, 0.15) is 0 Å². The molecule has 4 heteroatoms. The second-order valence-corrected chi connectivity index (χ2v) is 6.89. The van der Waals surface area contributed by atoms with Crippen molar-refractivity contribution in [2.24, 2.45) is 14.1 Å². The largest absolute Gasteiger partial charge is 0.351 e. The van der Waals surface area contributed by atoms with Gasteiger partial charge in [-0.25, -0.2) is 0 Å². The summed E-state index contributed by atoms with van der Waals surface area (Å²) in [5, 5.41) is 0. The summed E-state index contributed by atoms with van der Waals surface area (Å²) < 4.78 is 4.11. The van der Waals surface area contributed by atoms with Crippen LogP contribution in [0.25, 0.3) is 12.2 Å². The molecule has 0 unspecified atom stereocenters. The standard InChI is InChI=1S/C20H23N3O/c1-21-10-4-6-14(21)12-16-18-8-9-19(23(18)3)17(20(16)24)13-15-7-5-11-22(15)2/h4-7,10-13,18-19H,8-9H2,1-3H3/b16-12-,17-13-/t18-,19+. The second kappa shape index (κ2) is 5.64. The van der Waals surface area contributed by atoms with Gasteiger partial charge in [0.05, 0.1) is 0 Å². The first-order valence-corrected chi connectivity index (χ1v) is 8.49. The summed E-state index contributed by atoms with van der Waals surface area (Å²) in [6.45, 7) is 0. The maximum absolute atomic E-state index is 13.2. The molecule has 4 nitrogen and oxygen atoms in total. The molecule has 2 aliphatic rings. The van der Waals surface area contributed by atoms with E-state index in [1.54, 1.807) is 0 Å². The van der Waals surface area contributed by atoms with Crippen LogP contribution in [-0.2, 0) is 18.9 Å². The van der Waals surface area contributed by atoms with Crippen molar-refractivity contribution >= 4 is 17.9 Å². The maximum atomic E-state index is 13.2. The maximum Gasteiger partial charge on any atom is 0.188 e. The predicted molar refractivity (Wildman–Crippen MR) is 96.4 cm³/mol. The fourth-order valence-corrected chi connectivity index (χ4v) is 4.05. The SMILES string of the molecule is CN1[C@@H]2CC[C@H]1/C(=C/c1cccn1C)C(=O)/C2=C\c1cccn1C. The summed E-state index contributed by atoms with van der Waals surface area (Å²) in [6, 6.07) is 8.62. The molecule has 2 fully saturated rings. The van der Waals surface area contributed by atoms with Crippen molar-refractivity contribution in [2.75, 3.05) is 7.05 Å². The Hall–Kier alpha value is -2.33. The zero-order valence-corrected chi connectivity index (χ0v) is 14.4. The predicted octanol–water partition coefficient (Wildman–Crippen LogP) is 2.88. The summed E-state index contributed by atoms with van der Waals surface area (Å²) in [5.74, 6) is 0.211. The van der Waals surface area contributed by atoms with E-state index in [0.29, 0.717) is 0 Å². The Morgan fingerprint density at radius 3 is 1.71 bits per heavy atom. The summed E-state index contributed by atoms with van der Waals surface area (Å²) in [7, 11) is 6.18. The van der Waals surface area contributed by atoms with Crippen LogP contribution in [-0.4, -0.2) is 38.9 Å². The molecule has 24 heavy (non-hydrogen) atoms. The number of hydrogen-bond donors (Lipinski definition) is 0. The van der Waals surface area contributed by atoms with Gasteiger partial charge in [-0.1, -0.05) is 0 Å². The number of aromatic nitrogens is 2. The van der Waals surface area contributed by atoms with Gasteiger partial charge >= 0.3 is 0 Å². The number of nitrogens with zero attached hydrogens (tertiary/aromatic N) is 3. The molecule has 2 aliphatic heterocycles. The van der Waals surface area contributed by atoms with Crippen LogP contribution in [0.15, 0.2) is 47.8 Å². The Balaban J connectivity index is 1.81. The van der Waals surface area contributed by atoms with Crippen molar-refractivity contribution in [1.82, 2.24) is 14.0 Å². The number of ketones is 1. The van der Waals surface area contributed by atoms with Gasteiger partial charge in [-0.15, -0.1) is 0 Å². The van der Waals surface area contributed by atoms with Crippen molar-refractivity contribution in [3.05, 3.63) is 59.2 Å². The highest BCUT2D eigenvalue weighted by Crippen LogP contribution is 2.40. The molecular weight excluding hydrogens is 298 g/mol. The molecule has 0 radical (unpaired) electrons. The van der Waals surface area contributed by atoms with Gasteiger partial charge in [-0.3, -0.25) is 9.69 Å². The van der Waals surface area contributed by atoms with E-state index in [-0.39, 0.29) is 17.9 Å². The van der Waals surface area contributed by atoms with Crippen LogP contribution < -0.4 is 0 Å². The highest BCUT2D eigenvalue weighted by molar-refractivity contribution is 6.16. The van der Waals surface area contributed by atoms with Gasteiger partial charge in [0.2, 0.25) is 0 Å². The molecule has 2 atom stereocenters. The minimum Gasteiger partial charge on any atom is -0.351 e. The van der Waals surface area contributed by atoms with Gasteiger partial charge in [-0.05, 0) is 56.3 Å². The first-order chi connectivity index (χ1) is 11.6. The molecule has 2 aromatic rings. The smallest absolute Gasteiger partial charge is 0.188 e. The minimum absolute atomic E-state index is 0.211. The molecule has 0 spiro atoms. The minimum atomic E-state index is 0.211. The lowest BCUT2D eigenvalue weighted by Crippen LogP contribution is -2.43. The first kappa shape index (κ1) is 15.2. The summed E-state index contributed by atoms with van der Waals surface area (Å²) >= 11 is 0. The lowest BCUT2D eigenvalue weighted by atomic mass is 9.89. The topological polar surface area (TPSA) is 30.2 Å². The van der Waals surface area contributed by atoms with E-state index in [4.69, 9.17) is 0 Å². The second-order valence-electron chi connectivity index (χ2n) is 6.89. The van der Waals surface area contributed by atoms with Crippen LogP contribution >= 0.6 is 0 Å². The van der Waals surface area contributed by atoms with Crippen LogP contribution in [0, 0.1) is 0 Å². The van der Waals surface area contributed by atoms with E-state index in [0.717, 1.165) is 35.4 Å². The van der Waals surface area contributed by atoms with Gasteiger partial charge in [-0.2, -0.15) is 0 Å². The summed E-state index contributed by atoms with van der Waals surface area (Å²) in [6.07, 6.45) is 10.3.